The smallest absolute Gasteiger partial charge is 0.191 e. The van der Waals surface area contributed by atoms with Crippen LogP contribution >= 0.6 is 0 Å². The summed E-state index contributed by atoms with van der Waals surface area (Å²) >= 11 is 0. The molecule has 0 radical (unpaired) electrons. The summed E-state index contributed by atoms with van der Waals surface area (Å²) in [5.41, 5.74) is 0. The zero-order valence-electron chi connectivity index (χ0n) is 12.7. The van der Waals surface area contributed by atoms with Gasteiger partial charge in [0.05, 0.1) is 19.8 Å². The van der Waals surface area contributed by atoms with Crippen molar-refractivity contribution >= 4 is 5.96 Å². The van der Waals surface area contributed by atoms with Gasteiger partial charge in [-0.3, -0.25) is 4.99 Å². The van der Waals surface area contributed by atoms with Crippen molar-refractivity contribution in [1.29, 1.82) is 0 Å². The van der Waals surface area contributed by atoms with Gasteiger partial charge in [0, 0.05) is 40.5 Å². The number of hydrogen-bond donors (Lipinski definition) is 2. The van der Waals surface area contributed by atoms with E-state index in [1.54, 1.807) is 21.3 Å². The van der Waals surface area contributed by atoms with Crippen LogP contribution in [-0.2, 0) is 14.2 Å². The van der Waals surface area contributed by atoms with E-state index in [0.29, 0.717) is 19.8 Å². The highest BCUT2D eigenvalue weighted by Crippen LogP contribution is 1.89. The number of nitrogens with one attached hydrogen (secondary N) is 2. The second-order valence-corrected chi connectivity index (χ2v) is 4.31. The average Bonchev–Trinajstić information content (AvgIpc) is 2.40. The molecule has 0 heterocycles. The largest absolute Gasteiger partial charge is 0.383 e. The number of hydrogen-bond acceptors (Lipinski definition) is 4. The number of nitrogens with zero attached hydrogens (tertiary/aromatic N) is 1. The van der Waals surface area contributed by atoms with Gasteiger partial charge in [0.15, 0.2) is 5.96 Å². The molecule has 0 aliphatic rings. The minimum Gasteiger partial charge on any atom is -0.383 e. The lowest BCUT2D eigenvalue weighted by Crippen LogP contribution is -2.44. The van der Waals surface area contributed by atoms with Gasteiger partial charge in [0.1, 0.15) is 0 Å². The van der Waals surface area contributed by atoms with Crippen LogP contribution in [0, 0.1) is 0 Å². The average molecular weight is 275 g/mol. The first-order valence-corrected chi connectivity index (χ1v) is 6.77. The zero-order valence-corrected chi connectivity index (χ0v) is 12.7. The first-order valence-electron chi connectivity index (χ1n) is 6.77. The van der Waals surface area contributed by atoms with E-state index in [-0.39, 0.29) is 6.04 Å². The summed E-state index contributed by atoms with van der Waals surface area (Å²) < 4.78 is 15.4. The van der Waals surface area contributed by atoms with Crippen molar-refractivity contribution in [3.8, 4) is 0 Å². The van der Waals surface area contributed by atoms with Gasteiger partial charge in [-0.05, 0) is 19.8 Å². The lowest BCUT2D eigenvalue weighted by Gasteiger charge is -2.17. The van der Waals surface area contributed by atoms with Crippen molar-refractivity contribution in [1.82, 2.24) is 10.6 Å². The SMILES string of the molecule is CN=C(NCCCCOCCOC)NC(C)COC. The summed E-state index contributed by atoms with van der Waals surface area (Å²) in [4.78, 5) is 4.16. The Balaban J connectivity index is 3.46. The molecule has 0 aliphatic carbocycles. The first-order chi connectivity index (χ1) is 9.24. The maximum atomic E-state index is 5.39. The molecule has 0 aromatic heterocycles. The Kier molecular flexibility index (Phi) is 13.0. The Labute approximate surface area is 116 Å². The minimum atomic E-state index is 0.244. The fourth-order valence-corrected chi connectivity index (χ4v) is 1.50. The highest BCUT2D eigenvalue weighted by molar-refractivity contribution is 5.79. The standard InChI is InChI=1S/C13H29N3O3/c1-12(11-18-4)16-13(14-2)15-7-5-6-8-19-10-9-17-3/h12H,5-11H2,1-4H3,(H2,14,15,16). The summed E-state index contributed by atoms with van der Waals surface area (Å²) in [6.07, 6.45) is 2.08. The summed E-state index contributed by atoms with van der Waals surface area (Å²) in [5.74, 6) is 0.810. The van der Waals surface area contributed by atoms with Gasteiger partial charge < -0.3 is 24.8 Å². The van der Waals surface area contributed by atoms with E-state index >= 15 is 0 Å². The fourth-order valence-electron chi connectivity index (χ4n) is 1.50. The minimum absolute atomic E-state index is 0.244. The molecular formula is C13H29N3O3. The molecule has 19 heavy (non-hydrogen) atoms. The van der Waals surface area contributed by atoms with E-state index in [4.69, 9.17) is 14.2 Å². The molecule has 0 saturated heterocycles. The maximum Gasteiger partial charge on any atom is 0.191 e. The van der Waals surface area contributed by atoms with E-state index in [9.17, 15) is 0 Å². The van der Waals surface area contributed by atoms with Crippen molar-refractivity contribution in [3.63, 3.8) is 0 Å². The number of guanidine groups is 1. The third-order valence-corrected chi connectivity index (χ3v) is 2.46. The molecule has 0 spiro atoms. The molecule has 1 unspecified atom stereocenters. The summed E-state index contributed by atoms with van der Waals surface area (Å²) in [6.45, 7) is 5.70. The normalized spacial score (nSPS) is 13.4. The molecule has 6 nitrogen and oxygen atoms in total. The second-order valence-electron chi connectivity index (χ2n) is 4.31. The molecule has 0 aromatic rings. The molecular weight excluding hydrogens is 246 g/mol. The number of methoxy groups -OCH3 is 2. The molecule has 0 bridgehead atoms. The molecule has 0 aliphatic heterocycles. The van der Waals surface area contributed by atoms with E-state index in [2.05, 4.69) is 22.5 Å². The summed E-state index contributed by atoms with van der Waals surface area (Å²) in [6, 6.07) is 0.244. The van der Waals surface area contributed by atoms with E-state index in [1.165, 1.54) is 0 Å². The first kappa shape index (κ1) is 18.1. The van der Waals surface area contributed by atoms with Crippen LogP contribution in [-0.4, -0.2) is 66.2 Å². The number of ether oxygens (including phenoxy) is 3. The molecule has 0 amide bonds. The van der Waals surface area contributed by atoms with E-state index < -0.39 is 0 Å². The van der Waals surface area contributed by atoms with Gasteiger partial charge in [-0.1, -0.05) is 0 Å². The predicted molar refractivity (Wildman–Crippen MR) is 77.8 cm³/mol. The highest BCUT2D eigenvalue weighted by atomic mass is 16.5. The van der Waals surface area contributed by atoms with Crippen LogP contribution in [0.1, 0.15) is 19.8 Å². The molecule has 0 aromatic carbocycles. The number of rotatable bonds is 11. The van der Waals surface area contributed by atoms with Crippen LogP contribution in [0.15, 0.2) is 4.99 Å². The molecule has 2 N–H and O–H groups in total. The summed E-state index contributed by atoms with van der Waals surface area (Å²) in [7, 11) is 5.14. The van der Waals surface area contributed by atoms with Crippen LogP contribution in [0.3, 0.4) is 0 Å². The van der Waals surface area contributed by atoms with Crippen molar-refractivity contribution in [2.24, 2.45) is 4.99 Å². The molecule has 0 fully saturated rings. The predicted octanol–water partition coefficient (Wildman–Crippen LogP) is 0.630. The Morgan fingerprint density at radius 3 is 2.53 bits per heavy atom. The Bertz CT molecular complexity index is 225. The van der Waals surface area contributed by atoms with Crippen molar-refractivity contribution in [2.75, 3.05) is 54.2 Å². The zero-order chi connectivity index (χ0) is 14.3. The van der Waals surface area contributed by atoms with Crippen molar-refractivity contribution in [3.05, 3.63) is 0 Å². The van der Waals surface area contributed by atoms with Crippen LogP contribution in [0.25, 0.3) is 0 Å². The van der Waals surface area contributed by atoms with Crippen LogP contribution in [0.5, 0.6) is 0 Å². The van der Waals surface area contributed by atoms with Gasteiger partial charge in [0.2, 0.25) is 0 Å². The van der Waals surface area contributed by atoms with E-state index in [0.717, 1.165) is 32.0 Å². The third-order valence-electron chi connectivity index (χ3n) is 2.46. The Hall–Kier alpha value is -0.850. The molecule has 1 atom stereocenters. The van der Waals surface area contributed by atoms with Gasteiger partial charge in [0.25, 0.3) is 0 Å². The molecule has 0 rings (SSSR count). The van der Waals surface area contributed by atoms with Crippen molar-refractivity contribution < 1.29 is 14.2 Å². The molecule has 114 valence electrons. The molecule has 0 saturated carbocycles. The van der Waals surface area contributed by atoms with E-state index in [1.807, 2.05) is 0 Å². The van der Waals surface area contributed by atoms with Gasteiger partial charge >= 0.3 is 0 Å². The van der Waals surface area contributed by atoms with Gasteiger partial charge in [-0.2, -0.15) is 0 Å². The number of unbranched alkanes of at least 4 members (excludes halogenated alkanes) is 1. The van der Waals surface area contributed by atoms with Gasteiger partial charge in [-0.15, -0.1) is 0 Å². The molecule has 6 heteroatoms. The monoisotopic (exact) mass is 275 g/mol. The lowest BCUT2D eigenvalue weighted by atomic mass is 10.3. The highest BCUT2D eigenvalue weighted by Gasteiger charge is 2.03. The topological polar surface area (TPSA) is 64.1 Å². The van der Waals surface area contributed by atoms with Gasteiger partial charge in [-0.25, -0.2) is 0 Å². The second kappa shape index (κ2) is 13.6. The Morgan fingerprint density at radius 2 is 1.89 bits per heavy atom. The summed E-state index contributed by atoms with van der Waals surface area (Å²) in [5, 5.41) is 6.52. The van der Waals surface area contributed by atoms with Crippen LogP contribution in [0.2, 0.25) is 0 Å². The Morgan fingerprint density at radius 1 is 1.11 bits per heavy atom. The van der Waals surface area contributed by atoms with Crippen molar-refractivity contribution in [2.45, 2.75) is 25.8 Å². The lowest BCUT2D eigenvalue weighted by molar-refractivity contribution is 0.0689. The van der Waals surface area contributed by atoms with Crippen LogP contribution in [0.4, 0.5) is 0 Å². The number of aliphatic imine (C=N–C) groups is 1. The quantitative estimate of drug-likeness (QED) is 0.329. The maximum absolute atomic E-state index is 5.39. The van der Waals surface area contributed by atoms with Crippen LogP contribution < -0.4 is 10.6 Å². The third kappa shape index (κ3) is 11.9. The fraction of sp³-hybridized carbons (Fsp3) is 0.923.